The van der Waals surface area contributed by atoms with Crippen molar-refractivity contribution < 1.29 is 138 Å². The molecule has 8 N–H and O–H groups in total. The van der Waals surface area contributed by atoms with E-state index in [1.165, 1.54) is 34.3 Å². The molecule has 11 heterocycles. The van der Waals surface area contributed by atoms with E-state index in [4.69, 9.17) is 95.5 Å². The lowest BCUT2D eigenvalue weighted by Gasteiger charge is -2.19. The van der Waals surface area contributed by atoms with E-state index in [9.17, 15) is 48.2 Å². The number of carbonyl (C=O) groups is 7. The second-order valence-electron chi connectivity index (χ2n) is 34.5. The number of anilines is 2. The number of pyridine rings is 2. The monoisotopic (exact) mass is 2060 g/mol. The number of carbonyl (C=O) groups excluding carboxylic acids is 7. The van der Waals surface area contributed by atoms with Crippen LogP contribution in [-0.2, 0) is 70.1 Å². The number of rotatable bonds is 20. The maximum Gasteiger partial charge on any atom is 0.313 e. The van der Waals surface area contributed by atoms with Crippen molar-refractivity contribution in [3.63, 3.8) is 0 Å². The number of esters is 3. The molecule has 35 nitrogen and oxygen atoms in total. The highest BCUT2D eigenvalue weighted by atomic mass is 19.1. The Morgan fingerprint density at radius 1 is 0.447 bits per heavy atom. The van der Waals surface area contributed by atoms with Gasteiger partial charge in [-0.25, -0.2) is 14.4 Å². The standard InChI is InChI=1S/C17H15N3O3.C13H20O4.C13H14O3.2C12H12O4.C9H8O2.C9H8O.C8H7FN2O.C8H6O2.C7H8O2.C4H6N2O2.2CH4/c18-15-14-10-7-8(1-3-11(10)23-16(14)15)22-12-5-6-19-17-9(12)2-4-13(21)20-17;1-4-15-13(16-5-2)10-17-12-8-6-11(14-3)7-9-12;1-3-15-13(14)11-10-8-6-7(2)4-5-9(8)16-12(10)11;2*1-2-15-12(14)10-9-7-5-6(13)3-4-8(7)16-11(9)10;1-10-8-2-3-9-7(6-8)4-5-11-9;1-7-2-3-9-8(6-7)4-5-10-9;9-6-3-4-10-8-5(6)1-2-7(12)11-8;9-7-1-2-8-6(5-7)3-4-10-8;1-9-7-4-2-6(8)3-5-7;1-2-4(8)6-5-3-7;;/h1,3,5-7,14-16H,2,4,18H2,(H,19,20,21);6-9,13H,4-5,10H2,1-3H3;4-6,10-12H,3H2,1-2H3;2*3-5,9-11,13H,2H2,1H3;2-6H,1H3;2-6H,1H3;3-4H,1-2H2,(H,10,11,12);1-5,9H;2-5,8H,1H3;3H,2H2,1H3;2*1H4/t14-,15-,16-;;;9-,10-,11-;;;;;;;;;/m0..0........./s1. The van der Waals surface area contributed by atoms with E-state index < -0.39 is 0 Å². The summed E-state index contributed by atoms with van der Waals surface area (Å²) >= 11 is 0. The Bertz CT molecular complexity index is 6690. The van der Waals surface area contributed by atoms with Crippen LogP contribution in [0.15, 0.2) is 261 Å². The molecule has 10 aliphatic rings. The van der Waals surface area contributed by atoms with Gasteiger partial charge in [-0.05, 0) is 249 Å². The molecule has 0 radical (unpaired) electrons. The first-order valence-electron chi connectivity index (χ1n) is 48.2. The molecule has 4 saturated carbocycles. The van der Waals surface area contributed by atoms with Crippen LogP contribution >= 0.6 is 0 Å². The molecule has 9 aromatic carbocycles. The zero-order valence-electron chi connectivity index (χ0n) is 83.2. The number of phenols is 4. The SMILES string of the molecule is C.C.CCC(=O)N=NC=O.CCOC(=O)C1C2Oc3ccc(C)cc3C21.CCOC(=O)C1C2Oc3ccc(O)cc3C21.CCOC(=O)[C@@H]1[C@H]2Oc3ccc(O)cc3[C@H]21.CCOC(COc1ccc(OC)cc1)OCC.COc1ccc(O)cc1.COc1ccc2occc2c1.Cc1ccc2occc2c1.N[C@@H]1[C@H]2Oc3ccc(Oc4ccnc5c4CCC(=O)N5)cc3[C@@H]12.O=C1CCc2c(F)ccnc2N1.Oc1ccc2occc2c1. The highest BCUT2D eigenvalue weighted by molar-refractivity contribution is 5.94. The highest BCUT2D eigenvalue weighted by Crippen LogP contribution is 2.62. The molecule has 5 aromatic heterocycles. The minimum absolute atomic E-state index is 0. The van der Waals surface area contributed by atoms with E-state index in [1.807, 2.05) is 130 Å². The molecule has 0 saturated heterocycles. The first kappa shape index (κ1) is 112. The summed E-state index contributed by atoms with van der Waals surface area (Å²) in [5.41, 5.74) is 16.7. The number of aryl methyl sites for hydroxylation is 2. The molecule has 0 bridgehead atoms. The zero-order chi connectivity index (χ0) is 105. The van der Waals surface area contributed by atoms with Crippen molar-refractivity contribution in [1.29, 1.82) is 0 Å². The first-order chi connectivity index (χ1) is 71.7. The molecular formula is C114H124FN7O28. The van der Waals surface area contributed by atoms with Crippen LogP contribution in [0.2, 0.25) is 0 Å². The summed E-state index contributed by atoms with van der Waals surface area (Å²) in [6.07, 6.45) is 10.0. The average molecular weight is 2060 g/mol. The fourth-order valence-electron chi connectivity index (χ4n) is 17.1. The molecule has 4 fully saturated rings. The molecule has 4 amide bonds. The van der Waals surface area contributed by atoms with Crippen molar-refractivity contribution in [2.75, 3.05) is 71.6 Å². The third-order valence-electron chi connectivity index (χ3n) is 24.6. The molecule has 36 heteroatoms. The number of aromatic hydroxyl groups is 4. The largest absolute Gasteiger partial charge is 0.508 e. The van der Waals surface area contributed by atoms with E-state index >= 15 is 0 Å². The Kier molecular flexibility index (Phi) is 39.7. The van der Waals surface area contributed by atoms with Crippen LogP contribution in [0, 0.1) is 37.4 Å². The molecule has 24 rings (SSSR count). The molecule has 6 unspecified atom stereocenters. The zero-order valence-corrected chi connectivity index (χ0v) is 83.2. The smallest absolute Gasteiger partial charge is 0.313 e. The maximum atomic E-state index is 13.0. The summed E-state index contributed by atoms with van der Waals surface area (Å²) < 4.78 is 103. The minimum Gasteiger partial charge on any atom is -0.508 e. The third kappa shape index (κ3) is 28.8. The molecule has 4 aliphatic carbocycles. The number of fused-ring (bicyclic) bond motifs is 17. The number of halogens is 1. The summed E-state index contributed by atoms with van der Waals surface area (Å²) in [5.74, 6) is 8.87. The van der Waals surface area contributed by atoms with Gasteiger partial charge >= 0.3 is 17.9 Å². The van der Waals surface area contributed by atoms with E-state index in [2.05, 4.69) is 56.8 Å². The second-order valence-corrected chi connectivity index (χ2v) is 34.5. The second kappa shape index (κ2) is 53.1. The fraction of sp³-hybridized carbons (Fsp3) is 0.325. The van der Waals surface area contributed by atoms with Gasteiger partial charge in [-0.3, -0.25) is 33.6 Å². The summed E-state index contributed by atoms with van der Waals surface area (Å²) in [4.78, 5) is 84.7. The van der Waals surface area contributed by atoms with Gasteiger partial charge in [-0.2, -0.15) is 0 Å². The van der Waals surface area contributed by atoms with Crippen LogP contribution in [0.1, 0.15) is 144 Å². The van der Waals surface area contributed by atoms with Crippen LogP contribution in [0.3, 0.4) is 0 Å². The normalized spacial score (nSPS) is 18.9. The Hall–Kier alpha value is -16.6. The van der Waals surface area contributed by atoms with Gasteiger partial charge in [0.05, 0.1) is 66.0 Å². The number of azo groups is 1. The van der Waals surface area contributed by atoms with Gasteiger partial charge in [0.1, 0.15) is 163 Å². The van der Waals surface area contributed by atoms with Crippen molar-refractivity contribution in [2.24, 2.45) is 33.7 Å². The number of amides is 4. The quantitative estimate of drug-likeness (QED) is 0.0122. The first-order valence-corrected chi connectivity index (χ1v) is 48.2. The number of furan rings is 3. The third-order valence-corrected chi connectivity index (χ3v) is 24.6. The molecule has 0 spiro atoms. The Balaban J connectivity index is 0.000000148. The number of ether oxygens (including phenoxy) is 14. The average Bonchev–Trinajstić information content (AvgIpc) is 1.43. The minimum atomic E-state index is -0.378. The molecule has 790 valence electrons. The summed E-state index contributed by atoms with van der Waals surface area (Å²) in [6, 6.07) is 61.7. The molecular weight excluding hydrogens is 1930 g/mol. The summed E-state index contributed by atoms with van der Waals surface area (Å²) in [7, 11) is 4.88. The molecule has 14 aromatic rings. The molecule has 12 atom stereocenters. The van der Waals surface area contributed by atoms with Crippen molar-refractivity contribution >= 4 is 86.6 Å². The number of phenolic OH excluding ortho intramolecular Hbond substituents is 4. The van der Waals surface area contributed by atoms with Gasteiger partial charge in [0.2, 0.25) is 11.8 Å². The number of methoxy groups -OCH3 is 3. The summed E-state index contributed by atoms with van der Waals surface area (Å²) in [5, 5.41) is 50.9. The fourth-order valence-corrected chi connectivity index (χ4v) is 17.1. The van der Waals surface area contributed by atoms with Gasteiger partial charge in [0.25, 0.3) is 12.3 Å². The summed E-state index contributed by atoms with van der Waals surface area (Å²) in [6.45, 7) is 17.9. The lowest BCUT2D eigenvalue weighted by molar-refractivity contribution is -0.152. The Morgan fingerprint density at radius 3 is 1.35 bits per heavy atom. The van der Waals surface area contributed by atoms with Gasteiger partial charge in [0, 0.05) is 118 Å². The van der Waals surface area contributed by atoms with Gasteiger partial charge < -0.3 is 116 Å². The number of nitrogens with two attached hydrogens (primary N) is 1. The lowest BCUT2D eigenvalue weighted by atomic mass is 10.1. The number of benzene rings is 9. The van der Waals surface area contributed by atoms with E-state index in [0.717, 1.165) is 107 Å². The van der Waals surface area contributed by atoms with Crippen LogP contribution in [0.5, 0.6) is 80.5 Å². The van der Waals surface area contributed by atoms with Crippen LogP contribution in [0.4, 0.5) is 16.0 Å². The number of nitrogens with one attached hydrogen (secondary N) is 2. The molecule has 150 heavy (non-hydrogen) atoms. The van der Waals surface area contributed by atoms with Crippen molar-refractivity contribution in [3.05, 3.63) is 288 Å². The van der Waals surface area contributed by atoms with Crippen molar-refractivity contribution in [2.45, 2.75) is 163 Å². The highest BCUT2D eigenvalue weighted by Gasteiger charge is 2.66. The van der Waals surface area contributed by atoms with Gasteiger partial charge in [-0.1, -0.05) is 51.1 Å². The van der Waals surface area contributed by atoms with Crippen LogP contribution < -0.4 is 59.0 Å². The number of hydrogen-bond donors (Lipinski definition) is 7. The molecule has 6 aliphatic heterocycles. The Morgan fingerprint density at radius 2 is 0.847 bits per heavy atom. The van der Waals surface area contributed by atoms with Crippen LogP contribution in [-0.4, -0.2) is 170 Å². The van der Waals surface area contributed by atoms with E-state index in [0.29, 0.717) is 88.4 Å². The van der Waals surface area contributed by atoms with Crippen molar-refractivity contribution in [3.8, 4) is 80.5 Å². The topological polar surface area (TPSA) is 470 Å². The van der Waals surface area contributed by atoms with E-state index in [-0.39, 0.29) is 164 Å². The number of nitrogens with zero attached hydrogens (tertiary/aromatic N) is 4. The van der Waals surface area contributed by atoms with E-state index in [1.54, 1.807) is 146 Å². The lowest BCUT2D eigenvalue weighted by Crippen LogP contribution is -2.25. The van der Waals surface area contributed by atoms with Crippen LogP contribution in [0.25, 0.3) is 32.9 Å². The maximum absolute atomic E-state index is 13.0. The number of hydrogen-bond acceptors (Lipinski definition) is 31. The van der Waals surface area contributed by atoms with Crippen molar-refractivity contribution in [1.82, 2.24) is 9.97 Å². The van der Waals surface area contributed by atoms with Gasteiger partial charge in [0.15, 0.2) is 6.29 Å². The predicted octanol–water partition coefficient (Wildman–Crippen LogP) is 20.9. The number of aromatic nitrogens is 2. The van der Waals surface area contributed by atoms with Gasteiger partial charge in [-0.15, -0.1) is 10.2 Å². The predicted molar refractivity (Wildman–Crippen MR) is 555 cm³/mol. The Labute approximate surface area is 866 Å².